The van der Waals surface area contributed by atoms with Gasteiger partial charge < -0.3 is 4.90 Å². The van der Waals surface area contributed by atoms with Crippen molar-refractivity contribution >= 4 is 5.91 Å². The van der Waals surface area contributed by atoms with E-state index in [0.717, 1.165) is 12.8 Å². The number of carbonyl (C=O) groups is 1. The smallest absolute Gasteiger partial charge is 0.257 e. The van der Waals surface area contributed by atoms with Crippen LogP contribution < -0.4 is 0 Å². The molecule has 0 N–H and O–H groups in total. The van der Waals surface area contributed by atoms with Gasteiger partial charge in [0.1, 0.15) is 5.82 Å². The average Bonchev–Trinajstić information content (AvgIpc) is 2.38. The second-order valence-corrected chi connectivity index (χ2v) is 5.30. The van der Waals surface area contributed by atoms with Crippen molar-refractivity contribution in [2.75, 3.05) is 6.54 Å². The van der Waals surface area contributed by atoms with Crippen molar-refractivity contribution in [2.45, 2.75) is 46.6 Å². The fourth-order valence-electron chi connectivity index (χ4n) is 2.31. The van der Waals surface area contributed by atoms with Crippen LogP contribution in [0.4, 0.5) is 4.39 Å². The SMILES string of the molecule is CCC(CC)N(CC(C)C)C(=O)c1ccccc1F. The highest BCUT2D eigenvalue weighted by atomic mass is 19.1. The summed E-state index contributed by atoms with van der Waals surface area (Å²) in [7, 11) is 0. The molecule has 0 aromatic heterocycles. The number of carbonyl (C=O) groups excluding carboxylic acids is 1. The van der Waals surface area contributed by atoms with Crippen LogP contribution in [0.5, 0.6) is 0 Å². The van der Waals surface area contributed by atoms with Gasteiger partial charge in [-0.05, 0) is 30.9 Å². The first-order valence-corrected chi connectivity index (χ1v) is 7.06. The van der Waals surface area contributed by atoms with E-state index in [-0.39, 0.29) is 17.5 Å². The first-order valence-electron chi connectivity index (χ1n) is 7.06. The molecule has 0 saturated heterocycles. The summed E-state index contributed by atoms with van der Waals surface area (Å²) in [5.74, 6) is -0.260. The van der Waals surface area contributed by atoms with Crippen LogP contribution in [-0.2, 0) is 0 Å². The Morgan fingerprint density at radius 3 is 2.26 bits per heavy atom. The molecule has 2 nitrogen and oxygen atoms in total. The first-order chi connectivity index (χ1) is 9.01. The molecule has 1 amide bonds. The molecule has 1 aromatic rings. The average molecular weight is 265 g/mol. The summed E-state index contributed by atoms with van der Waals surface area (Å²) >= 11 is 0. The van der Waals surface area contributed by atoms with E-state index in [2.05, 4.69) is 27.7 Å². The van der Waals surface area contributed by atoms with Gasteiger partial charge in [0.25, 0.3) is 5.91 Å². The van der Waals surface area contributed by atoms with Crippen LogP contribution in [0.25, 0.3) is 0 Å². The molecule has 0 unspecified atom stereocenters. The third kappa shape index (κ3) is 4.05. The van der Waals surface area contributed by atoms with Crippen molar-refractivity contribution in [3.8, 4) is 0 Å². The lowest BCUT2D eigenvalue weighted by Crippen LogP contribution is -2.42. The number of rotatable bonds is 6. The Labute approximate surface area is 115 Å². The van der Waals surface area contributed by atoms with Gasteiger partial charge in [-0.3, -0.25) is 4.79 Å². The van der Waals surface area contributed by atoms with Gasteiger partial charge in [-0.1, -0.05) is 39.8 Å². The van der Waals surface area contributed by atoms with E-state index in [4.69, 9.17) is 0 Å². The first kappa shape index (κ1) is 15.7. The van der Waals surface area contributed by atoms with Crippen molar-refractivity contribution in [3.05, 3.63) is 35.6 Å². The molecule has 0 aliphatic carbocycles. The Hall–Kier alpha value is -1.38. The molecule has 0 spiro atoms. The minimum absolute atomic E-state index is 0.175. The minimum atomic E-state index is -0.438. The van der Waals surface area contributed by atoms with Crippen molar-refractivity contribution in [1.29, 1.82) is 0 Å². The second-order valence-electron chi connectivity index (χ2n) is 5.30. The largest absolute Gasteiger partial charge is 0.335 e. The van der Waals surface area contributed by atoms with Crippen LogP contribution in [-0.4, -0.2) is 23.4 Å². The molecule has 0 atom stereocenters. The number of hydrogen-bond donors (Lipinski definition) is 0. The van der Waals surface area contributed by atoms with Crippen molar-refractivity contribution < 1.29 is 9.18 Å². The lowest BCUT2D eigenvalue weighted by Gasteiger charge is -2.32. The fourth-order valence-corrected chi connectivity index (χ4v) is 2.31. The molecule has 1 aromatic carbocycles. The summed E-state index contributed by atoms with van der Waals surface area (Å²) in [5.41, 5.74) is 0.176. The molecule has 0 saturated carbocycles. The van der Waals surface area contributed by atoms with Gasteiger partial charge in [0.2, 0.25) is 0 Å². The zero-order chi connectivity index (χ0) is 14.4. The third-order valence-corrected chi connectivity index (χ3v) is 3.31. The Morgan fingerprint density at radius 1 is 1.21 bits per heavy atom. The zero-order valence-electron chi connectivity index (χ0n) is 12.3. The van der Waals surface area contributed by atoms with Gasteiger partial charge in [0, 0.05) is 12.6 Å². The van der Waals surface area contributed by atoms with Crippen LogP contribution in [0.15, 0.2) is 24.3 Å². The standard InChI is InChI=1S/C16H24FNO/c1-5-13(6-2)18(11-12(3)4)16(19)14-9-7-8-10-15(14)17/h7-10,12-13H,5-6,11H2,1-4H3. The van der Waals surface area contributed by atoms with Gasteiger partial charge >= 0.3 is 0 Å². The molecule has 0 heterocycles. The number of hydrogen-bond acceptors (Lipinski definition) is 1. The second kappa shape index (κ2) is 7.27. The van der Waals surface area contributed by atoms with Crippen molar-refractivity contribution in [3.63, 3.8) is 0 Å². The highest BCUT2D eigenvalue weighted by molar-refractivity contribution is 5.94. The Kier molecular flexibility index (Phi) is 6.00. The Morgan fingerprint density at radius 2 is 1.79 bits per heavy atom. The molecule has 1 rings (SSSR count). The molecule has 0 aliphatic rings. The maximum absolute atomic E-state index is 13.8. The summed E-state index contributed by atoms with van der Waals surface area (Å²) in [6.45, 7) is 8.94. The van der Waals surface area contributed by atoms with Crippen LogP contribution in [0.2, 0.25) is 0 Å². The normalized spacial score (nSPS) is 11.1. The monoisotopic (exact) mass is 265 g/mol. The maximum atomic E-state index is 13.8. The van der Waals surface area contributed by atoms with Gasteiger partial charge in [-0.25, -0.2) is 4.39 Å². The van der Waals surface area contributed by atoms with E-state index in [1.54, 1.807) is 18.2 Å². The van der Waals surface area contributed by atoms with Crippen LogP contribution in [0.1, 0.15) is 50.9 Å². The molecule has 19 heavy (non-hydrogen) atoms. The summed E-state index contributed by atoms with van der Waals surface area (Å²) in [6, 6.07) is 6.39. The molecule has 0 bridgehead atoms. The van der Waals surface area contributed by atoms with Gasteiger partial charge in [0.05, 0.1) is 5.56 Å². The highest BCUT2D eigenvalue weighted by Gasteiger charge is 2.24. The summed E-state index contributed by atoms with van der Waals surface area (Å²) in [6.07, 6.45) is 1.78. The van der Waals surface area contributed by atoms with E-state index in [0.29, 0.717) is 12.5 Å². The minimum Gasteiger partial charge on any atom is -0.335 e. The van der Waals surface area contributed by atoms with Gasteiger partial charge in [-0.2, -0.15) is 0 Å². The number of benzene rings is 1. The lowest BCUT2D eigenvalue weighted by atomic mass is 10.1. The highest BCUT2D eigenvalue weighted by Crippen LogP contribution is 2.17. The summed E-state index contributed by atoms with van der Waals surface area (Å²) < 4.78 is 13.8. The Bertz CT molecular complexity index is 413. The van der Waals surface area contributed by atoms with Crippen LogP contribution in [0.3, 0.4) is 0 Å². The molecule has 0 radical (unpaired) electrons. The molecular weight excluding hydrogens is 241 g/mol. The molecular formula is C16H24FNO. The number of nitrogens with zero attached hydrogens (tertiary/aromatic N) is 1. The predicted octanol–water partition coefficient (Wildman–Crippen LogP) is 4.11. The third-order valence-electron chi connectivity index (χ3n) is 3.31. The Balaban J connectivity index is 3.03. The molecule has 3 heteroatoms. The quantitative estimate of drug-likeness (QED) is 0.758. The fraction of sp³-hybridized carbons (Fsp3) is 0.562. The molecule has 0 fully saturated rings. The van der Waals surface area contributed by atoms with E-state index >= 15 is 0 Å². The summed E-state index contributed by atoms with van der Waals surface area (Å²) in [5, 5.41) is 0. The van der Waals surface area contributed by atoms with Crippen LogP contribution >= 0.6 is 0 Å². The van der Waals surface area contributed by atoms with Crippen LogP contribution in [0, 0.1) is 11.7 Å². The van der Waals surface area contributed by atoms with E-state index < -0.39 is 5.82 Å². The lowest BCUT2D eigenvalue weighted by molar-refractivity contribution is 0.0635. The van der Waals surface area contributed by atoms with E-state index in [1.807, 2.05) is 4.90 Å². The maximum Gasteiger partial charge on any atom is 0.257 e. The summed E-state index contributed by atoms with van der Waals surface area (Å²) in [4.78, 5) is 14.4. The zero-order valence-corrected chi connectivity index (χ0v) is 12.3. The number of amides is 1. The van der Waals surface area contributed by atoms with E-state index in [9.17, 15) is 9.18 Å². The van der Waals surface area contributed by atoms with Crippen molar-refractivity contribution in [2.24, 2.45) is 5.92 Å². The van der Waals surface area contributed by atoms with Gasteiger partial charge in [0.15, 0.2) is 0 Å². The molecule has 0 aliphatic heterocycles. The van der Waals surface area contributed by atoms with Gasteiger partial charge in [-0.15, -0.1) is 0 Å². The predicted molar refractivity (Wildman–Crippen MR) is 76.6 cm³/mol. The molecule has 106 valence electrons. The topological polar surface area (TPSA) is 20.3 Å². The van der Waals surface area contributed by atoms with E-state index in [1.165, 1.54) is 6.07 Å². The number of halogens is 1. The van der Waals surface area contributed by atoms with Crippen molar-refractivity contribution in [1.82, 2.24) is 4.90 Å².